The Bertz CT molecular complexity index is 822. The minimum absolute atomic E-state index is 0.139. The number of hydrogen-bond acceptors (Lipinski definition) is 5. The zero-order valence-electron chi connectivity index (χ0n) is 16.5. The van der Waals surface area contributed by atoms with Crippen LogP contribution in [0, 0.1) is 5.41 Å². The molecule has 148 valence electrons. The van der Waals surface area contributed by atoms with Crippen LogP contribution in [0.2, 0.25) is 0 Å². The van der Waals surface area contributed by atoms with Crippen molar-refractivity contribution in [2.75, 3.05) is 26.2 Å². The van der Waals surface area contributed by atoms with Crippen LogP contribution in [-0.4, -0.2) is 52.0 Å². The molecule has 0 saturated carbocycles. The zero-order chi connectivity index (χ0) is 19.4. The van der Waals surface area contributed by atoms with Gasteiger partial charge in [-0.15, -0.1) is 0 Å². The molecule has 6 heteroatoms. The van der Waals surface area contributed by atoms with Gasteiger partial charge in [0.2, 0.25) is 11.8 Å². The van der Waals surface area contributed by atoms with Gasteiger partial charge in [0.05, 0.1) is 6.54 Å². The van der Waals surface area contributed by atoms with Crippen LogP contribution in [0.1, 0.15) is 43.5 Å². The molecule has 1 spiro atoms. The van der Waals surface area contributed by atoms with Gasteiger partial charge >= 0.3 is 0 Å². The Labute approximate surface area is 166 Å². The lowest BCUT2D eigenvalue weighted by Crippen LogP contribution is -2.41. The normalized spacial score (nSPS) is 19.9. The second kappa shape index (κ2) is 8.27. The number of carbonyl (C=O) groups excluding carboxylic acids is 1. The van der Waals surface area contributed by atoms with Crippen molar-refractivity contribution >= 4 is 12.0 Å². The average molecular weight is 380 g/mol. The third-order valence-electron chi connectivity index (χ3n) is 5.94. The SMILES string of the molecule is CCc1nc(CN2CCC3(CC2)CC(=O)N(C/C=C/c2ccccc2)C3)no1. The molecule has 1 aromatic carbocycles. The Morgan fingerprint density at radius 3 is 2.71 bits per heavy atom. The van der Waals surface area contributed by atoms with Gasteiger partial charge in [0.1, 0.15) is 0 Å². The fourth-order valence-corrected chi connectivity index (χ4v) is 4.25. The molecule has 2 aromatic rings. The van der Waals surface area contributed by atoms with Crippen LogP contribution in [0.15, 0.2) is 40.9 Å². The Balaban J connectivity index is 1.28. The van der Waals surface area contributed by atoms with Crippen molar-refractivity contribution in [3.05, 3.63) is 53.7 Å². The van der Waals surface area contributed by atoms with Crippen LogP contribution >= 0.6 is 0 Å². The zero-order valence-corrected chi connectivity index (χ0v) is 16.5. The largest absolute Gasteiger partial charge is 0.339 e. The summed E-state index contributed by atoms with van der Waals surface area (Å²) in [6.45, 7) is 6.29. The van der Waals surface area contributed by atoms with E-state index in [2.05, 4.69) is 39.3 Å². The van der Waals surface area contributed by atoms with Gasteiger partial charge in [0, 0.05) is 25.9 Å². The number of amides is 1. The van der Waals surface area contributed by atoms with E-state index in [1.165, 1.54) is 5.56 Å². The van der Waals surface area contributed by atoms with E-state index in [-0.39, 0.29) is 11.3 Å². The van der Waals surface area contributed by atoms with E-state index in [1.807, 2.05) is 30.0 Å². The molecule has 1 aromatic heterocycles. The average Bonchev–Trinajstić information content (AvgIpc) is 3.29. The van der Waals surface area contributed by atoms with E-state index < -0.39 is 0 Å². The van der Waals surface area contributed by atoms with E-state index in [0.29, 0.717) is 18.9 Å². The highest BCUT2D eigenvalue weighted by Crippen LogP contribution is 2.41. The molecule has 2 aliphatic heterocycles. The summed E-state index contributed by atoms with van der Waals surface area (Å²) in [5.41, 5.74) is 1.31. The highest BCUT2D eigenvalue weighted by Gasteiger charge is 2.44. The lowest BCUT2D eigenvalue weighted by atomic mass is 9.77. The summed E-state index contributed by atoms with van der Waals surface area (Å²) in [7, 11) is 0. The fraction of sp³-hybridized carbons (Fsp3) is 0.500. The van der Waals surface area contributed by atoms with Gasteiger partial charge < -0.3 is 9.42 Å². The van der Waals surface area contributed by atoms with Crippen LogP contribution < -0.4 is 0 Å². The highest BCUT2D eigenvalue weighted by atomic mass is 16.5. The minimum atomic E-state index is 0.139. The first kappa shape index (κ1) is 18.9. The lowest BCUT2D eigenvalue weighted by molar-refractivity contribution is -0.127. The summed E-state index contributed by atoms with van der Waals surface area (Å²) in [6, 6.07) is 10.2. The highest BCUT2D eigenvalue weighted by molar-refractivity contribution is 5.79. The second-order valence-electron chi connectivity index (χ2n) is 8.00. The van der Waals surface area contributed by atoms with Crippen molar-refractivity contribution in [1.82, 2.24) is 19.9 Å². The number of nitrogens with zero attached hydrogens (tertiary/aromatic N) is 4. The summed E-state index contributed by atoms with van der Waals surface area (Å²) >= 11 is 0. The molecule has 2 aliphatic rings. The molecule has 28 heavy (non-hydrogen) atoms. The molecular formula is C22H28N4O2. The number of rotatable bonds is 6. The van der Waals surface area contributed by atoms with Crippen LogP contribution in [0.25, 0.3) is 6.08 Å². The van der Waals surface area contributed by atoms with Crippen molar-refractivity contribution in [2.45, 2.75) is 39.2 Å². The van der Waals surface area contributed by atoms with Gasteiger partial charge in [-0.1, -0.05) is 54.6 Å². The summed E-state index contributed by atoms with van der Waals surface area (Å²) in [5.74, 6) is 1.75. The maximum atomic E-state index is 12.5. The van der Waals surface area contributed by atoms with Crippen LogP contribution in [0.4, 0.5) is 0 Å². The van der Waals surface area contributed by atoms with Crippen molar-refractivity contribution in [3.8, 4) is 0 Å². The van der Waals surface area contributed by atoms with Crippen molar-refractivity contribution in [1.29, 1.82) is 0 Å². The van der Waals surface area contributed by atoms with E-state index in [9.17, 15) is 4.79 Å². The van der Waals surface area contributed by atoms with Gasteiger partial charge in [-0.2, -0.15) is 4.98 Å². The number of hydrogen-bond donors (Lipinski definition) is 0. The quantitative estimate of drug-likeness (QED) is 0.770. The number of carbonyl (C=O) groups is 1. The summed E-state index contributed by atoms with van der Waals surface area (Å²) in [4.78, 5) is 21.3. The summed E-state index contributed by atoms with van der Waals surface area (Å²) in [6.07, 6.45) is 7.75. The number of benzene rings is 1. The summed E-state index contributed by atoms with van der Waals surface area (Å²) < 4.78 is 5.20. The lowest BCUT2D eigenvalue weighted by Gasteiger charge is -2.38. The van der Waals surface area contributed by atoms with Crippen LogP contribution in [0.3, 0.4) is 0 Å². The molecule has 2 saturated heterocycles. The van der Waals surface area contributed by atoms with Gasteiger partial charge in [0.15, 0.2) is 5.82 Å². The van der Waals surface area contributed by atoms with Crippen molar-refractivity contribution < 1.29 is 9.32 Å². The molecule has 0 bridgehead atoms. The summed E-state index contributed by atoms with van der Waals surface area (Å²) in [5, 5.41) is 4.06. The topological polar surface area (TPSA) is 62.5 Å². The second-order valence-corrected chi connectivity index (χ2v) is 8.00. The van der Waals surface area contributed by atoms with Gasteiger partial charge in [0.25, 0.3) is 0 Å². The predicted octanol–water partition coefficient (Wildman–Crippen LogP) is 3.16. The minimum Gasteiger partial charge on any atom is -0.339 e. The van der Waals surface area contributed by atoms with Gasteiger partial charge in [-0.3, -0.25) is 9.69 Å². The third kappa shape index (κ3) is 4.33. The molecule has 0 atom stereocenters. The van der Waals surface area contributed by atoms with E-state index >= 15 is 0 Å². The maximum absolute atomic E-state index is 12.5. The van der Waals surface area contributed by atoms with Crippen LogP contribution in [-0.2, 0) is 17.8 Å². The first-order chi connectivity index (χ1) is 13.7. The standard InChI is InChI=1S/C22H28N4O2/c1-2-20-23-19(24-28-20)16-25-13-10-22(11-14-25)15-21(27)26(17-22)12-6-9-18-7-4-3-5-8-18/h3-9H,2,10-17H2,1H3/b9-6+. The Kier molecular flexibility index (Phi) is 5.57. The Morgan fingerprint density at radius 1 is 1.21 bits per heavy atom. The fourth-order valence-electron chi connectivity index (χ4n) is 4.25. The number of piperidine rings is 1. The van der Waals surface area contributed by atoms with Crippen molar-refractivity contribution in [2.24, 2.45) is 5.41 Å². The molecule has 1 amide bonds. The van der Waals surface area contributed by atoms with Gasteiger partial charge in [-0.25, -0.2) is 0 Å². The molecule has 2 fully saturated rings. The van der Waals surface area contributed by atoms with E-state index in [1.54, 1.807) is 0 Å². The first-order valence-electron chi connectivity index (χ1n) is 10.2. The Hall–Kier alpha value is -2.47. The smallest absolute Gasteiger partial charge is 0.226 e. The monoisotopic (exact) mass is 380 g/mol. The molecule has 0 radical (unpaired) electrons. The van der Waals surface area contributed by atoms with E-state index in [0.717, 1.165) is 51.3 Å². The predicted molar refractivity (Wildman–Crippen MR) is 107 cm³/mol. The molecular weight excluding hydrogens is 352 g/mol. The first-order valence-corrected chi connectivity index (χ1v) is 10.2. The van der Waals surface area contributed by atoms with E-state index in [4.69, 9.17) is 4.52 Å². The van der Waals surface area contributed by atoms with Gasteiger partial charge in [-0.05, 0) is 36.9 Å². The molecule has 0 N–H and O–H groups in total. The molecule has 0 unspecified atom stereocenters. The molecule has 6 nitrogen and oxygen atoms in total. The molecule has 4 rings (SSSR count). The number of aromatic nitrogens is 2. The molecule has 0 aliphatic carbocycles. The number of likely N-dealkylation sites (tertiary alicyclic amines) is 2. The third-order valence-corrected chi connectivity index (χ3v) is 5.94. The Morgan fingerprint density at radius 2 is 2.00 bits per heavy atom. The van der Waals surface area contributed by atoms with Crippen LogP contribution in [0.5, 0.6) is 0 Å². The van der Waals surface area contributed by atoms with Crippen molar-refractivity contribution in [3.63, 3.8) is 0 Å². The molecule has 3 heterocycles. The maximum Gasteiger partial charge on any atom is 0.226 e. The number of aryl methyl sites for hydroxylation is 1.